The van der Waals surface area contributed by atoms with Crippen LogP contribution in [0.5, 0.6) is 0 Å². The van der Waals surface area contributed by atoms with Crippen LogP contribution >= 0.6 is 0 Å². The van der Waals surface area contributed by atoms with Crippen molar-refractivity contribution >= 4 is 5.91 Å². The van der Waals surface area contributed by atoms with Gasteiger partial charge in [-0.2, -0.15) is 0 Å². The molecule has 0 aromatic heterocycles. The topological polar surface area (TPSA) is 64.3 Å². The number of benzene rings is 1. The average molecular weight is 236 g/mol. The van der Waals surface area contributed by atoms with E-state index in [-0.39, 0.29) is 18.5 Å². The first-order chi connectivity index (χ1) is 8.08. The molecule has 1 aromatic carbocycles. The molecule has 0 saturated heterocycles. The molecule has 0 aliphatic rings. The van der Waals surface area contributed by atoms with E-state index in [1.807, 2.05) is 38.1 Å². The van der Waals surface area contributed by atoms with Crippen LogP contribution in [0, 0.1) is 6.92 Å². The van der Waals surface area contributed by atoms with Gasteiger partial charge in [0.05, 0.1) is 6.04 Å². The Hall–Kier alpha value is -1.39. The molecule has 1 amide bonds. The van der Waals surface area contributed by atoms with Crippen LogP contribution in [-0.2, 0) is 9.53 Å². The van der Waals surface area contributed by atoms with E-state index in [0.29, 0.717) is 0 Å². The van der Waals surface area contributed by atoms with Crippen LogP contribution in [0.15, 0.2) is 24.3 Å². The molecule has 1 rings (SSSR count). The largest absolute Gasteiger partial charge is 0.370 e. The lowest BCUT2D eigenvalue weighted by Crippen LogP contribution is -2.41. The average Bonchev–Trinajstić information content (AvgIpc) is 2.31. The number of carbonyl (C=O) groups is 1. The van der Waals surface area contributed by atoms with Crippen molar-refractivity contribution in [3.63, 3.8) is 0 Å². The van der Waals surface area contributed by atoms with E-state index >= 15 is 0 Å². The maximum atomic E-state index is 11.7. The van der Waals surface area contributed by atoms with Crippen LogP contribution in [-0.4, -0.2) is 25.7 Å². The highest BCUT2D eigenvalue weighted by Crippen LogP contribution is 2.13. The van der Waals surface area contributed by atoms with Crippen LogP contribution in [0.2, 0.25) is 0 Å². The summed E-state index contributed by atoms with van der Waals surface area (Å²) in [6.07, 6.45) is -0.581. The van der Waals surface area contributed by atoms with Crippen molar-refractivity contribution in [2.45, 2.75) is 26.0 Å². The molecule has 1 aromatic rings. The fraction of sp³-hybridized carbons (Fsp3) is 0.462. The summed E-state index contributed by atoms with van der Waals surface area (Å²) in [6, 6.07) is 8.01. The Balaban J connectivity index is 2.62. The lowest BCUT2D eigenvalue weighted by atomic mass is 10.1. The van der Waals surface area contributed by atoms with Gasteiger partial charge in [-0.15, -0.1) is 0 Å². The van der Waals surface area contributed by atoms with Gasteiger partial charge in [-0.3, -0.25) is 4.79 Å². The zero-order valence-corrected chi connectivity index (χ0v) is 10.6. The Morgan fingerprint density at radius 1 is 1.41 bits per heavy atom. The summed E-state index contributed by atoms with van der Waals surface area (Å²) < 4.78 is 4.98. The molecule has 4 heteroatoms. The number of hydrogen-bond donors (Lipinski definition) is 2. The summed E-state index contributed by atoms with van der Waals surface area (Å²) in [6.45, 7) is 4.15. The third-order valence-electron chi connectivity index (χ3n) is 2.73. The van der Waals surface area contributed by atoms with Gasteiger partial charge in [0.2, 0.25) is 0 Å². The van der Waals surface area contributed by atoms with E-state index in [2.05, 4.69) is 5.32 Å². The highest BCUT2D eigenvalue weighted by Gasteiger charge is 2.18. The van der Waals surface area contributed by atoms with Gasteiger partial charge in [0.1, 0.15) is 6.10 Å². The van der Waals surface area contributed by atoms with E-state index in [9.17, 15) is 4.79 Å². The summed E-state index contributed by atoms with van der Waals surface area (Å²) in [7, 11) is 1.48. The Bertz CT molecular complexity index is 358. The van der Waals surface area contributed by atoms with Gasteiger partial charge in [-0.25, -0.2) is 0 Å². The minimum absolute atomic E-state index is 0.0488. The Kier molecular flexibility index (Phi) is 5.12. The fourth-order valence-corrected chi connectivity index (χ4v) is 1.56. The normalized spacial score (nSPS) is 14.1. The zero-order valence-electron chi connectivity index (χ0n) is 10.6. The van der Waals surface area contributed by atoms with Gasteiger partial charge in [-0.1, -0.05) is 29.8 Å². The Morgan fingerprint density at radius 2 is 2.00 bits per heavy atom. The van der Waals surface area contributed by atoms with E-state index < -0.39 is 6.10 Å². The minimum atomic E-state index is -0.581. The summed E-state index contributed by atoms with van der Waals surface area (Å²) in [5, 5.41) is 2.87. The number of hydrogen-bond acceptors (Lipinski definition) is 3. The number of aryl methyl sites for hydroxylation is 1. The molecule has 4 nitrogen and oxygen atoms in total. The van der Waals surface area contributed by atoms with Crippen molar-refractivity contribution in [3.8, 4) is 0 Å². The standard InChI is InChI=1S/C13H20N2O2/c1-9-4-6-11(7-5-9)10(2)15-13(16)12(8-14)17-3/h4-7,10,12H,8,14H2,1-3H3,(H,15,16). The van der Waals surface area contributed by atoms with Crippen molar-refractivity contribution in [1.29, 1.82) is 0 Å². The highest BCUT2D eigenvalue weighted by molar-refractivity contribution is 5.81. The summed E-state index contributed by atoms with van der Waals surface area (Å²) in [5.74, 6) is -0.178. The molecule has 2 atom stereocenters. The molecule has 0 saturated carbocycles. The second kappa shape index (κ2) is 6.37. The Labute approximate surface area is 102 Å². The Morgan fingerprint density at radius 3 is 2.47 bits per heavy atom. The lowest BCUT2D eigenvalue weighted by Gasteiger charge is -2.18. The van der Waals surface area contributed by atoms with Crippen LogP contribution in [0.4, 0.5) is 0 Å². The van der Waals surface area contributed by atoms with Crippen LogP contribution < -0.4 is 11.1 Å². The summed E-state index contributed by atoms with van der Waals surface area (Å²) >= 11 is 0. The monoisotopic (exact) mass is 236 g/mol. The predicted octanol–water partition coefficient (Wildman–Crippen LogP) is 1.15. The van der Waals surface area contributed by atoms with E-state index in [1.165, 1.54) is 12.7 Å². The van der Waals surface area contributed by atoms with Crippen molar-refractivity contribution in [2.24, 2.45) is 5.73 Å². The number of ether oxygens (including phenoxy) is 1. The zero-order chi connectivity index (χ0) is 12.8. The highest BCUT2D eigenvalue weighted by atomic mass is 16.5. The smallest absolute Gasteiger partial charge is 0.250 e. The number of nitrogens with two attached hydrogens (primary N) is 1. The van der Waals surface area contributed by atoms with Crippen LogP contribution in [0.1, 0.15) is 24.1 Å². The van der Waals surface area contributed by atoms with Gasteiger partial charge >= 0.3 is 0 Å². The molecule has 0 radical (unpaired) electrons. The molecular formula is C13H20N2O2. The number of carbonyl (C=O) groups excluding carboxylic acids is 1. The van der Waals surface area contributed by atoms with Crippen molar-refractivity contribution < 1.29 is 9.53 Å². The van der Waals surface area contributed by atoms with Gasteiger partial charge in [0.15, 0.2) is 0 Å². The van der Waals surface area contributed by atoms with Crippen molar-refractivity contribution in [2.75, 3.05) is 13.7 Å². The SMILES string of the molecule is COC(CN)C(=O)NC(C)c1ccc(C)cc1. The second-order valence-electron chi connectivity index (χ2n) is 4.10. The molecule has 0 fully saturated rings. The maximum absolute atomic E-state index is 11.7. The quantitative estimate of drug-likeness (QED) is 0.806. The van der Waals surface area contributed by atoms with E-state index in [4.69, 9.17) is 10.5 Å². The molecule has 0 aliphatic carbocycles. The van der Waals surface area contributed by atoms with Crippen molar-refractivity contribution in [3.05, 3.63) is 35.4 Å². The summed E-state index contributed by atoms with van der Waals surface area (Å²) in [4.78, 5) is 11.7. The van der Waals surface area contributed by atoms with Crippen LogP contribution in [0.25, 0.3) is 0 Å². The van der Waals surface area contributed by atoms with E-state index in [0.717, 1.165) is 5.56 Å². The minimum Gasteiger partial charge on any atom is -0.370 e. The first-order valence-electron chi connectivity index (χ1n) is 5.68. The van der Waals surface area contributed by atoms with Crippen LogP contribution in [0.3, 0.4) is 0 Å². The number of amides is 1. The number of methoxy groups -OCH3 is 1. The first kappa shape index (κ1) is 13.7. The van der Waals surface area contributed by atoms with Gasteiger partial charge in [0, 0.05) is 13.7 Å². The van der Waals surface area contributed by atoms with E-state index in [1.54, 1.807) is 0 Å². The lowest BCUT2D eigenvalue weighted by molar-refractivity contribution is -0.131. The molecule has 3 N–H and O–H groups in total. The molecule has 0 aliphatic heterocycles. The van der Waals surface area contributed by atoms with Crippen molar-refractivity contribution in [1.82, 2.24) is 5.32 Å². The molecule has 2 unspecified atom stereocenters. The molecule has 0 heterocycles. The molecule has 94 valence electrons. The third-order valence-corrected chi connectivity index (χ3v) is 2.73. The predicted molar refractivity (Wildman–Crippen MR) is 67.6 cm³/mol. The summed E-state index contributed by atoms with van der Waals surface area (Å²) in [5.41, 5.74) is 7.70. The first-order valence-corrected chi connectivity index (χ1v) is 5.68. The van der Waals surface area contributed by atoms with Gasteiger partial charge < -0.3 is 15.8 Å². The maximum Gasteiger partial charge on any atom is 0.250 e. The molecule has 0 spiro atoms. The molecular weight excluding hydrogens is 216 g/mol. The second-order valence-corrected chi connectivity index (χ2v) is 4.10. The molecule has 17 heavy (non-hydrogen) atoms. The fourth-order valence-electron chi connectivity index (χ4n) is 1.56. The number of nitrogens with one attached hydrogen (secondary N) is 1. The third kappa shape index (κ3) is 3.84. The number of rotatable bonds is 5. The van der Waals surface area contributed by atoms with Gasteiger partial charge in [-0.05, 0) is 19.4 Å². The van der Waals surface area contributed by atoms with Gasteiger partial charge in [0.25, 0.3) is 5.91 Å². The molecule has 0 bridgehead atoms.